The van der Waals surface area contributed by atoms with E-state index in [1.165, 1.54) is 27.4 Å². The molecular formula is C12H16N2O5S2. The van der Waals surface area contributed by atoms with E-state index in [4.69, 9.17) is 0 Å². The monoisotopic (exact) mass is 332 g/mol. The molecule has 1 fully saturated rings. The summed E-state index contributed by atoms with van der Waals surface area (Å²) in [5.74, 6) is 0. The van der Waals surface area contributed by atoms with Gasteiger partial charge in [0, 0.05) is 32.4 Å². The molecule has 1 aliphatic heterocycles. The van der Waals surface area contributed by atoms with E-state index in [-0.39, 0.29) is 22.9 Å². The minimum atomic E-state index is -3.75. The summed E-state index contributed by atoms with van der Waals surface area (Å²) in [6, 6.07) is 5.30. The number of nitrogens with zero attached hydrogens (tertiary/aromatic N) is 2. The number of carbonyl (C=O) groups excluding carboxylic acids is 1. The SMILES string of the molecule is CS(=O)(=O)c1cccc(S(=O)(=O)N2CCN(C=O)CC2)c1. The van der Waals surface area contributed by atoms with Crippen LogP contribution in [0.4, 0.5) is 0 Å². The van der Waals surface area contributed by atoms with Gasteiger partial charge >= 0.3 is 0 Å². The molecule has 1 saturated heterocycles. The van der Waals surface area contributed by atoms with E-state index in [0.717, 1.165) is 12.3 Å². The Hall–Kier alpha value is -1.45. The van der Waals surface area contributed by atoms with Gasteiger partial charge in [-0.15, -0.1) is 0 Å². The van der Waals surface area contributed by atoms with Gasteiger partial charge in [0.15, 0.2) is 9.84 Å². The molecule has 0 atom stereocenters. The van der Waals surface area contributed by atoms with E-state index in [2.05, 4.69) is 0 Å². The molecule has 2 rings (SSSR count). The van der Waals surface area contributed by atoms with E-state index in [1.54, 1.807) is 0 Å². The predicted molar refractivity (Wildman–Crippen MR) is 75.9 cm³/mol. The smallest absolute Gasteiger partial charge is 0.243 e. The average molecular weight is 332 g/mol. The summed E-state index contributed by atoms with van der Waals surface area (Å²) in [5, 5.41) is 0. The second kappa shape index (κ2) is 5.74. The van der Waals surface area contributed by atoms with Crippen molar-refractivity contribution >= 4 is 26.3 Å². The summed E-state index contributed by atoms with van der Waals surface area (Å²) < 4.78 is 49.3. The second-order valence-electron chi connectivity index (χ2n) is 4.79. The van der Waals surface area contributed by atoms with Gasteiger partial charge in [0.05, 0.1) is 9.79 Å². The van der Waals surface area contributed by atoms with Crippen LogP contribution in [-0.2, 0) is 24.7 Å². The van der Waals surface area contributed by atoms with Gasteiger partial charge in [0.1, 0.15) is 0 Å². The van der Waals surface area contributed by atoms with Crippen LogP contribution < -0.4 is 0 Å². The van der Waals surface area contributed by atoms with Gasteiger partial charge < -0.3 is 4.90 Å². The van der Waals surface area contributed by atoms with Crippen LogP contribution in [0.2, 0.25) is 0 Å². The molecule has 21 heavy (non-hydrogen) atoms. The Morgan fingerprint density at radius 2 is 1.57 bits per heavy atom. The number of hydrogen-bond donors (Lipinski definition) is 0. The van der Waals surface area contributed by atoms with Crippen LogP contribution in [0.1, 0.15) is 0 Å². The van der Waals surface area contributed by atoms with Gasteiger partial charge in [-0.05, 0) is 18.2 Å². The lowest BCUT2D eigenvalue weighted by molar-refractivity contribution is -0.119. The normalized spacial score (nSPS) is 17.7. The van der Waals surface area contributed by atoms with Crippen molar-refractivity contribution in [1.29, 1.82) is 0 Å². The van der Waals surface area contributed by atoms with Gasteiger partial charge in [-0.1, -0.05) is 6.07 Å². The summed E-state index contributed by atoms with van der Waals surface area (Å²) in [6.07, 6.45) is 1.72. The molecule has 0 saturated carbocycles. The summed E-state index contributed by atoms with van der Waals surface area (Å²) in [6.45, 7) is 1.05. The minimum absolute atomic E-state index is 0.0323. The van der Waals surface area contributed by atoms with Crippen LogP contribution >= 0.6 is 0 Å². The maximum atomic E-state index is 12.5. The van der Waals surface area contributed by atoms with E-state index in [0.29, 0.717) is 19.5 Å². The molecule has 9 heteroatoms. The topological polar surface area (TPSA) is 91.8 Å². The molecule has 0 N–H and O–H groups in total. The van der Waals surface area contributed by atoms with E-state index < -0.39 is 19.9 Å². The zero-order valence-corrected chi connectivity index (χ0v) is 13.1. The quantitative estimate of drug-likeness (QED) is 0.697. The number of rotatable bonds is 4. The molecule has 0 aliphatic carbocycles. The largest absolute Gasteiger partial charge is 0.343 e. The summed E-state index contributed by atoms with van der Waals surface area (Å²) in [5.41, 5.74) is 0. The Bertz CT molecular complexity index is 735. The van der Waals surface area contributed by atoms with Crippen molar-refractivity contribution in [3.8, 4) is 0 Å². The highest BCUT2D eigenvalue weighted by Crippen LogP contribution is 2.20. The number of piperazine rings is 1. The number of hydrogen-bond acceptors (Lipinski definition) is 5. The number of amides is 1. The number of sulfone groups is 1. The van der Waals surface area contributed by atoms with Crippen LogP contribution in [0.5, 0.6) is 0 Å². The number of carbonyl (C=O) groups is 1. The maximum absolute atomic E-state index is 12.5. The van der Waals surface area contributed by atoms with Crippen LogP contribution in [0, 0.1) is 0 Å². The fourth-order valence-corrected chi connectivity index (χ4v) is 4.27. The van der Waals surface area contributed by atoms with Gasteiger partial charge in [-0.2, -0.15) is 4.31 Å². The summed E-state index contributed by atoms with van der Waals surface area (Å²) >= 11 is 0. The Morgan fingerprint density at radius 3 is 2.10 bits per heavy atom. The minimum Gasteiger partial charge on any atom is -0.343 e. The molecule has 1 aliphatic rings. The average Bonchev–Trinajstić information content (AvgIpc) is 2.46. The molecule has 1 heterocycles. The van der Waals surface area contributed by atoms with Crippen molar-refractivity contribution in [2.24, 2.45) is 0 Å². The molecule has 1 aromatic rings. The zero-order valence-electron chi connectivity index (χ0n) is 11.5. The first kappa shape index (κ1) is 15.9. The van der Waals surface area contributed by atoms with E-state index >= 15 is 0 Å². The molecule has 0 spiro atoms. The first-order chi connectivity index (χ1) is 9.75. The van der Waals surface area contributed by atoms with Crippen molar-refractivity contribution in [3.63, 3.8) is 0 Å². The van der Waals surface area contributed by atoms with E-state index in [1.807, 2.05) is 0 Å². The Labute approximate surface area is 124 Å². The number of benzene rings is 1. The molecule has 0 bridgehead atoms. The first-order valence-corrected chi connectivity index (χ1v) is 9.58. The highest BCUT2D eigenvalue weighted by molar-refractivity contribution is 7.91. The molecule has 7 nitrogen and oxygen atoms in total. The second-order valence-corrected chi connectivity index (χ2v) is 8.75. The summed E-state index contributed by atoms with van der Waals surface area (Å²) in [4.78, 5) is 12.0. The Morgan fingerprint density at radius 1 is 1.00 bits per heavy atom. The molecule has 0 radical (unpaired) electrons. The van der Waals surface area contributed by atoms with Gasteiger partial charge in [-0.3, -0.25) is 4.79 Å². The lowest BCUT2D eigenvalue weighted by atomic mass is 10.4. The fraction of sp³-hybridized carbons (Fsp3) is 0.417. The molecule has 1 aromatic carbocycles. The van der Waals surface area contributed by atoms with Crippen LogP contribution in [0.15, 0.2) is 34.1 Å². The lowest BCUT2D eigenvalue weighted by Crippen LogP contribution is -2.47. The molecule has 116 valence electrons. The van der Waals surface area contributed by atoms with E-state index in [9.17, 15) is 21.6 Å². The van der Waals surface area contributed by atoms with Crippen LogP contribution in [-0.4, -0.2) is 64.9 Å². The predicted octanol–water partition coefficient (Wildman–Crippen LogP) is -0.447. The van der Waals surface area contributed by atoms with Gasteiger partial charge in [0.2, 0.25) is 16.4 Å². The van der Waals surface area contributed by atoms with Crippen LogP contribution in [0.25, 0.3) is 0 Å². The lowest BCUT2D eigenvalue weighted by Gasteiger charge is -2.31. The molecular weight excluding hydrogens is 316 g/mol. The van der Waals surface area contributed by atoms with Crippen molar-refractivity contribution in [3.05, 3.63) is 24.3 Å². The van der Waals surface area contributed by atoms with Gasteiger partial charge in [-0.25, -0.2) is 16.8 Å². The third kappa shape index (κ3) is 3.42. The number of sulfonamides is 1. The van der Waals surface area contributed by atoms with Crippen LogP contribution in [0.3, 0.4) is 0 Å². The van der Waals surface area contributed by atoms with Crippen molar-refractivity contribution < 1.29 is 21.6 Å². The standard InChI is InChI=1S/C12H16N2O5S2/c1-20(16,17)11-3-2-4-12(9-11)21(18,19)14-7-5-13(10-15)6-8-14/h2-4,9-10H,5-8H2,1H3. The van der Waals surface area contributed by atoms with Crippen molar-refractivity contribution in [1.82, 2.24) is 9.21 Å². The van der Waals surface area contributed by atoms with Crippen molar-refractivity contribution in [2.45, 2.75) is 9.79 Å². The third-order valence-electron chi connectivity index (χ3n) is 3.29. The molecule has 1 amide bonds. The van der Waals surface area contributed by atoms with Gasteiger partial charge in [0.25, 0.3) is 0 Å². The highest BCUT2D eigenvalue weighted by atomic mass is 32.2. The summed E-state index contributed by atoms with van der Waals surface area (Å²) in [7, 11) is -7.22. The fourth-order valence-electron chi connectivity index (χ4n) is 2.06. The molecule has 0 unspecified atom stereocenters. The highest BCUT2D eigenvalue weighted by Gasteiger charge is 2.28. The third-order valence-corrected chi connectivity index (χ3v) is 6.30. The van der Waals surface area contributed by atoms with Crippen molar-refractivity contribution in [2.75, 3.05) is 32.4 Å². The first-order valence-electron chi connectivity index (χ1n) is 6.25. The Balaban J connectivity index is 2.31. The zero-order chi connectivity index (χ0) is 15.7. The molecule has 0 aromatic heterocycles. The maximum Gasteiger partial charge on any atom is 0.243 e. The Kier molecular flexibility index (Phi) is 4.35.